The molecule has 2 nitrogen and oxygen atoms in total. The average Bonchev–Trinajstić information content (AvgIpc) is 2.00. The minimum absolute atomic E-state index is 0.303. The van der Waals surface area contributed by atoms with Crippen LogP contribution in [0.25, 0.3) is 0 Å². The van der Waals surface area contributed by atoms with Gasteiger partial charge in [-0.15, -0.1) is 0 Å². The largest absolute Gasteiger partial charge is 0.463 e. The van der Waals surface area contributed by atoms with E-state index in [0.29, 0.717) is 17.6 Å². The second-order valence-electron chi connectivity index (χ2n) is 1.73. The van der Waals surface area contributed by atoms with Crippen molar-refractivity contribution in [1.82, 2.24) is 0 Å². The van der Waals surface area contributed by atoms with Crippen molar-refractivity contribution >= 4 is 50.8 Å². The van der Waals surface area contributed by atoms with Gasteiger partial charge in [-0.1, -0.05) is 30.1 Å². The summed E-state index contributed by atoms with van der Waals surface area (Å²) < 4.78 is 2.95. The molecule has 11 heavy (non-hydrogen) atoms. The Morgan fingerprint density at radius 1 is 1.64 bits per heavy atom. The van der Waals surface area contributed by atoms with Crippen LogP contribution in [0.3, 0.4) is 0 Å². The zero-order valence-electron chi connectivity index (χ0n) is 5.77. The normalized spacial score (nSPS) is 11.3. The minimum atomic E-state index is -1.68. The summed E-state index contributed by atoms with van der Waals surface area (Å²) >= 11 is 10.9. The van der Waals surface area contributed by atoms with Crippen LogP contribution in [0.15, 0.2) is 0 Å². The number of carbonyl (C=O) groups is 1. The molecule has 0 aromatic heterocycles. The Labute approximate surface area is 84.0 Å². The lowest BCUT2D eigenvalue weighted by molar-refractivity contribution is -0.142. The van der Waals surface area contributed by atoms with Gasteiger partial charge in [-0.2, -0.15) is 0 Å². The van der Waals surface area contributed by atoms with E-state index in [1.807, 2.05) is 6.92 Å². The van der Waals surface area contributed by atoms with E-state index >= 15 is 0 Å². The first-order chi connectivity index (χ1) is 5.04. The summed E-state index contributed by atoms with van der Waals surface area (Å²) in [7, 11) is 5.73. The summed E-state index contributed by atoms with van der Waals surface area (Å²) in [6.45, 7) is 2.17. The van der Waals surface area contributed by atoms with E-state index in [0.717, 1.165) is 6.42 Å². The molecule has 0 aliphatic carbocycles. The molecule has 0 aliphatic rings. The van der Waals surface area contributed by atoms with Gasteiger partial charge in [0, 0.05) is 0 Å². The third-order valence-electron chi connectivity index (χ3n) is 0.772. The maximum atomic E-state index is 10.9. The Morgan fingerprint density at radius 3 is 2.55 bits per heavy atom. The molecule has 0 fully saturated rings. The van der Waals surface area contributed by atoms with E-state index in [9.17, 15) is 4.79 Å². The molecule has 0 rings (SSSR count). The lowest BCUT2D eigenvalue weighted by Gasteiger charge is -2.12. The number of esters is 1. The molecule has 0 bridgehead atoms. The second kappa shape index (κ2) is 5.36. The summed E-state index contributed by atoms with van der Waals surface area (Å²) in [6.07, 6.45) is 0.725. The monoisotopic (exact) mass is 236 g/mol. The van der Waals surface area contributed by atoms with E-state index < -0.39 is 9.63 Å². The lowest BCUT2D eigenvalue weighted by atomic mass is 10.5. The van der Waals surface area contributed by atoms with Crippen LogP contribution in [0.1, 0.15) is 13.3 Å². The van der Waals surface area contributed by atoms with Crippen LogP contribution in [0.5, 0.6) is 0 Å². The molecule has 0 heterocycles. The molecule has 6 heteroatoms. The SMILES string of the molecule is CCCOC(=O)C(Cl)(Cl)SCl. The van der Waals surface area contributed by atoms with Crippen LogP contribution >= 0.6 is 44.9 Å². The molecular weight excluding hydrogens is 230 g/mol. The predicted molar refractivity (Wildman–Crippen MR) is 49.1 cm³/mol. The number of halogens is 3. The lowest BCUT2D eigenvalue weighted by Crippen LogP contribution is -2.23. The summed E-state index contributed by atoms with van der Waals surface area (Å²) in [5, 5.41) is 0. The number of rotatable bonds is 4. The smallest absolute Gasteiger partial charge is 0.354 e. The highest BCUT2D eigenvalue weighted by Gasteiger charge is 2.35. The van der Waals surface area contributed by atoms with Crippen molar-refractivity contribution in [2.45, 2.75) is 17.0 Å². The molecule has 0 spiro atoms. The molecule has 0 radical (unpaired) electrons. The first-order valence-corrected chi connectivity index (χ1v) is 5.29. The van der Waals surface area contributed by atoms with Crippen molar-refractivity contribution in [1.29, 1.82) is 0 Å². The van der Waals surface area contributed by atoms with Crippen LogP contribution in [-0.2, 0) is 9.53 Å². The number of carbonyl (C=O) groups excluding carboxylic acids is 1. The van der Waals surface area contributed by atoms with Crippen LogP contribution in [0.4, 0.5) is 0 Å². The summed E-state index contributed by atoms with van der Waals surface area (Å²) in [6, 6.07) is 0. The molecular formula is C5H7Cl3O2S. The van der Waals surface area contributed by atoms with E-state index in [4.69, 9.17) is 33.9 Å². The van der Waals surface area contributed by atoms with Gasteiger partial charge in [-0.3, -0.25) is 0 Å². The van der Waals surface area contributed by atoms with Crippen LogP contribution in [-0.4, -0.2) is 16.2 Å². The van der Waals surface area contributed by atoms with Gasteiger partial charge in [0.15, 0.2) is 0 Å². The topological polar surface area (TPSA) is 26.3 Å². The zero-order chi connectivity index (χ0) is 8.91. The minimum Gasteiger partial charge on any atom is -0.463 e. The first kappa shape index (κ1) is 11.7. The van der Waals surface area contributed by atoms with Crippen molar-refractivity contribution in [3.05, 3.63) is 0 Å². The molecule has 0 unspecified atom stereocenters. The van der Waals surface area contributed by atoms with Crippen molar-refractivity contribution in [3.8, 4) is 0 Å². The van der Waals surface area contributed by atoms with Gasteiger partial charge in [-0.25, -0.2) is 4.79 Å². The van der Waals surface area contributed by atoms with Crippen LogP contribution in [0.2, 0.25) is 0 Å². The van der Waals surface area contributed by atoms with E-state index in [2.05, 4.69) is 4.74 Å². The summed E-state index contributed by atoms with van der Waals surface area (Å²) in [4.78, 5) is 10.9. The molecule has 66 valence electrons. The number of ether oxygens (including phenoxy) is 1. The maximum Gasteiger partial charge on any atom is 0.354 e. The molecule has 0 atom stereocenters. The third-order valence-corrected chi connectivity index (χ3v) is 3.07. The third kappa shape index (κ3) is 4.31. The molecule has 0 saturated carbocycles. The predicted octanol–water partition coefficient (Wildman–Crippen LogP) is 2.96. The molecule has 0 aromatic rings. The number of hydrogen-bond donors (Lipinski definition) is 0. The van der Waals surface area contributed by atoms with E-state index in [1.165, 1.54) is 0 Å². The van der Waals surface area contributed by atoms with Crippen molar-refractivity contribution in [2.75, 3.05) is 6.61 Å². The van der Waals surface area contributed by atoms with Crippen molar-refractivity contribution < 1.29 is 9.53 Å². The van der Waals surface area contributed by atoms with Gasteiger partial charge in [0.25, 0.3) is 3.67 Å². The standard InChI is InChI=1S/C5H7Cl3O2S/c1-2-3-10-4(9)5(6,7)11-8/h2-3H2,1H3. The Kier molecular flexibility index (Phi) is 5.69. The highest BCUT2D eigenvalue weighted by molar-refractivity contribution is 8.24. The molecule has 0 aromatic carbocycles. The fourth-order valence-electron chi connectivity index (χ4n) is 0.310. The summed E-state index contributed by atoms with van der Waals surface area (Å²) in [5.74, 6) is -0.720. The van der Waals surface area contributed by atoms with Crippen molar-refractivity contribution in [2.24, 2.45) is 0 Å². The Hall–Kier alpha value is 0.690. The van der Waals surface area contributed by atoms with Crippen molar-refractivity contribution in [3.63, 3.8) is 0 Å². The maximum absolute atomic E-state index is 10.9. The zero-order valence-corrected chi connectivity index (χ0v) is 8.86. The highest BCUT2D eigenvalue weighted by atomic mass is 35.7. The quantitative estimate of drug-likeness (QED) is 0.555. The molecule has 0 N–H and O–H groups in total. The second-order valence-corrected chi connectivity index (χ2v) is 4.74. The van der Waals surface area contributed by atoms with Crippen LogP contribution < -0.4 is 0 Å². The number of alkyl halides is 2. The Morgan fingerprint density at radius 2 is 2.18 bits per heavy atom. The van der Waals surface area contributed by atoms with Gasteiger partial charge in [0.05, 0.1) is 6.61 Å². The highest BCUT2D eigenvalue weighted by Crippen LogP contribution is 2.38. The van der Waals surface area contributed by atoms with Gasteiger partial charge in [0.1, 0.15) is 0 Å². The van der Waals surface area contributed by atoms with Gasteiger partial charge < -0.3 is 4.74 Å². The molecule has 0 saturated heterocycles. The fraction of sp³-hybridized carbons (Fsp3) is 0.800. The Balaban J connectivity index is 3.82. The van der Waals surface area contributed by atoms with Gasteiger partial charge >= 0.3 is 5.97 Å². The van der Waals surface area contributed by atoms with Gasteiger partial charge in [-0.05, 0) is 28.1 Å². The fourth-order valence-corrected chi connectivity index (χ4v) is 0.730. The van der Waals surface area contributed by atoms with E-state index in [-0.39, 0.29) is 0 Å². The van der Waals surface area contributed by atoms with Crippen LogP contribution in [0, 0.1) is 0 Å². The first-order valence-electron chi connectivity index (χ1n) is 2.89. The molecule has 0 aliphatic heterocycles. The van der Waals surface area contributed by atoms with Gasteiger partial charge in [0.2, 0.25) is 0 Å². The average molecular weight is 238 g/mol. The summed E-state index contributed by atoms with van der Waals surface area (Å²) in [5.41, 5.74) is 0. The Bertz CT molecular complexity index is 140. The number of hydrogen-bond acceptors (Lipinski definition) is 3. The van der Waals surface area contributed by atoms with E-state index in [1.54, 1.807) is 0 Å². The molecule has 0 amide bonds.